The van der Waals surface area contributed by atoms with Crippen LogP contribution in [0.3, 0.4) is 0 Å². The third kappa shape index (κ3) is 2.59. The number of halogens is 1. The van der Waals surface area contributed by atoms with E-state index in [4.69, 9.17) is 11.6 Å². The lowest BCUT2D eigenvalue weighted by molar-refractivity contribution is 0.424. The molecule has 1 heterocycles. The van der Waals surface area contributed by atoms with Crippen LogP contribution < -0.4 is 4.90 Å². The first kappa shape index (κ1) is 10.7. The molecule has 0 aromatic carbocycles. The van der Waals surface area contributed by atoms with Crippen molar-refractivity contribution in [2.75, 3.05) is 11.9 Å². The van der Waals surface area contributed by atoms with Gasteiger partial charge in [0.15, 0.2) is 0 Å². The Labute approximate surface area is 95.5 Å². The van der Waals surface area contributed by atoms with Crippen molar-refractivity contribution in [2.24, 2.45) is 0 Å². The van der Waals surface area contributed by atoms with E-state index in [0.29, 0.717) is 11.2 Å². The lowest BCUT2D eigenvalue weighted by Gasteiger charge is -2.31. The van der Waals surface area contributed by atoms with Gasteiger partial charge in [0.05, 0.1) is 0 Å². The smallest absolute Gasteiger partial charge is 0.226 e. The van der Waals surface area contributed by atoms with E-state index < -0.39 is 0 Å². The van der Waals surface area contributed by atoms with Gasteiger partial charge in [-0.25, -0.2) is 9.97 Å². The van der Waals surface area contributed by atoms with Crippen molar-refractivity contribution in [3.05, 3.63) is 17.4 Å². The molecule has 1 fully saturated rings. The van der Waals surface area contributed by atoms with Gasteiger partial charge in [-0.05, 0) is 18.9 Å². The molecule has 0 radical (unpaired) electrons. The maximum absolute atomic E-state index is 5.85. The molecule has 1 aromatic heterocycles. The van der Waals surface area contributed by atoms with Crippen LogP contribution in [0.25, 0.3) is 0 Å². The standard InChI is InChI=1S/C11H16ClN3/c1-15(9-5-3-2-4-6-9)11-13-8-7-10(12)14-11/h7-9H,2-6H2,1H3. The van der Waals surface area contributed by atoms with Gasteiger partial charge < -0.3 is 4.90 Å². The number of anilines is 1. The fraction of sp³-hybridized carbons (Fsp3) is 0.636. The van der Waals surface area contributed by atoms with Crippen molar-refractivity contribution < 1.29 is 0 Å². The Morgan fingerprint density at radius 1 is 1.33 bits per heavy atom. The molecule has 0 bridgehead atoms. The lowest BCUT2D eigenvalue weighted by Crippen LogP contribution is -2.34. The summed E-state index contributed by atoms with van der Waals surface area (Å²) in [6.45, 7) is 0. The molecule has 15 heavy (non-hydrogen) atoms. The molecule has 0 aliphatic heterocycles. The van der Waals surface area contributed by atoms with Gasteiger partial charge in [-0.1, -0.05) is 30.9 Å². The Morgan fingerprint density at radius 3 is 2.73 bits per heavy atom. The molecule has 0 amide bonds. The highest BCUT2D eigenvalue weighted by atomic mass is 35.5. The largest absolute Gasteiger partial charge is 0.341 e. The van der Waals surface area contributed by atoms with Crippen LogP contribution in [0.2, 0.25) is 5.15 Å². The highest BCUT2D eigenvalue weighted by Crippen LogP contribution is 2.24. The maximum Gasteiger partial charge on any atom is 0.226 e. The van der Waals surface area contributed by atoms with Gasteiger partial charge in [0, 0.05) is 19.3 Å². The minimum absolute atomic E-state index is 0.516. The average molecular weight is 226 g/mol. The van der Waals surface area contributed by atoms with E-state index in [0.717, 1.165) is 5.95 Å². The molecule has 1 aliphatic carbocycles. The maximum atomic E-state index is 5.85. The Morgan fingerprint density at radius 2 is 2.07 bits per heavy atom. The van der Waals surface area contributed by atoms with Crippen LogP contribution in [0.15, 0.2) is 12.3 Å². The number of rotatable bonds is 2. The predicted molar refractivity (Wildman–Crippen MR) is 62.3 cm³/mol. The zero-order valence-corrected chi connectivity index (χ0v) is 9.74. The Balaban J connectivity index is 2.08. The van der Waals surface area contributed by atoms with Crippen molar-refractivity contribution in [3.63, 3.8) is 0 Å². The fourth-order valence-electron chi connectivity index (χ4n) is 2.13. The quantitative estimate of drug-likeness (QED) is 0.725. The van der Waals surface area contributed by atoms with Crippen LogP contribution >= 0.6 is 11.6 Å². The van der Waals surface area contributed by atoms with Crippen molar-refractivity contribution in [1.82, 2.24) is 9.97 Å². The van der Waals surface area contributed by atoms with E-state index in [9.17, 15) is 0 Å². The second-order valence-corrected chi connectivity index (χ2v) is 4.47. The van der Waals surface area contributed by atoms with Gasteiger partial charge >= 0.3 is 0 Å². The van der Waals surface area contributed by atoms with E-state index in [2.05, 4.69) is 21.9 Å². The number of nitrogens with zero attached hydrogens (tertiary/aromatic N) is 3. The van der Waals surface area contributed by atoms with Crippen LogP contribution in [-0.4, -0.2) is 23.1 Å². The van der Waals surface area contributed by atoms with Crippen LogP contribution in [-0.2, 0) is 0 Å². The van der Waals surface area contributed by atoms with E-state index in [1.165, 1.54) is 32.1 Å². The van der Waals surface area contributed by atoms with E-state index in [1.807, 2.05) is 0 Å². The highest BCUT2D eigenvalue weighted by Gasteiger charge is 2.19. The summed E-state index contributed by atoms with van der Waals surface area (Å²) in [6, 6.07) is 2.29. The minimum Gasteiger partial charge on any atom is -0.341 e. The molecule has 4 heteroatoms. The molecule has 1 aliphatic rings. The van der Waals surface area contributed by atoms with Gasteiger partial charge in [-0.3, -0.25) is 0 Å². The summed E-state index contributed by atoms with van der Waals surface area (Å²) in [4.78, 5) is 10.6. The molecular formula is C11H16ClN3. The molecule has 1 aromatic rings. The summed E-state index contributed by atoms with van der Waals surface area (Å²) in [5, 5.41) is 0.516. The lowest BCUT2D eigenvalue weighted by atomic mass is 9.95. The molecule has 82 valence electrons. The van der Waals surface area contributed by atoms with E-state index >= 15 is 0 Å². The van der Waals surface area contributed by atoms with Gasteiger partial charge in [0.1, 0.15) is 5.15 Å². The van der Waals surface area contributed by atoms with Gasteiger partial charge in [-0.2, -0.15) is 0 Å². The van der Waals surface area contributed by atoms with Gasteiger partial charge in [0.25, 0.3) is 0 Å². The first-order chi connectivity index (χ1) is 7.27. The van der Waals surface area contributed by atoms with Crippen LogP contribution in [0, 0.1) is 0 Å². The molecule has 0 unspecified atom stereocenters. The Kier molecular flexibility index (Phi) is 3.41. The first-order valence-electron chi connectivity index (χ1n) is 5.49. The third-order valence-electron chi connectivity index (χ3n) is 3.05. The number of hydrogen-bond donors (Lipinski definition) is 0. The molecule has 2 rings (SSSR count). The zero-order valence-electron chi connectivity index (χ0n) is 8.99. The topological polar surface area (TPSA) is 29.0 Å². The Hall–Kier alpha value is -0.830. The van der Waals surface area contributed by atoms with Crippen molar-refractivity contribution in [1.29, 1.82) is 0 Å². The molecule has 0 saturated heterocycles. The van der Waals surface area contributed by atoms with Crippen molar-refractivity contribution in [2.45, 2.75) is 38.1 Å². The number of hydrogen-bond acceptors (Lipinski definition) is 3. The summed E-state index contributed by atoms with van der Waals surface area (Å²) in [6.07, 6.45) is 8.19. The van der Waals surface area contributed by atoms with E-state index in [-0.39, 0.29) is 0 Å². The monoisotopic (exact) mass is 225 g/mol. The van der Waals surface area contributed by atoms with Gasteiger partial charge in [-0.15, -0.1) is 0 Å². The summed E-state index contributed by atoms with van der Waals surface area (Å²) in [5.74, 6) is 0.745. The van der Waals surface area contributed by atoms with Crippen molar-refractivity contribution >= 4 is 17.5 Å². The van der Waals surface area contributed by atoms with Crippen molar-refractivity contribution in [3.8, 4) is 0 Å². The first-order valence-corrected chi connectivity index (χ1v) is 5.86. The zero-order chi connectivity index (χ0) is 10.7. The minimum atomic E-state index is 0.516. The second-order valence-electron chi connectivity index (χ2n) is 4.08. The molecule has 1 saturated carbocycles. The van der Waals surface area contributed by atoms with Crippen LogP contribution in [0.1, 0.15) is 32.1 Å². The predicted octanol–water partition coefficient (Wildman–Crippen LogP) is 2.90. The van der Waals surface area contributed by atoms with E-state index in [1.54, 1.807) is 12.3 Å². The normalized spacial score (nSPS) is 17.7. The van der Waals surface area contributed by atoms with Crippen LogP contribution in [0.5, 0.6) is 0 Å². The summed E-state index contributed by atoms with van der Waals surface area (Å²) in [5.41, 5.74) is 0. The fourth-order valence-corrected chi connectivity index (χ4v) is 2.26. The second kappa shape index (κ2) is 4.79. The Bertz CT molecular complexity index is 323. The van der Waals surface area contributed by atoms with Crippen LogP contribution in [0.4, 0.5) is 5.95 Å². The molecular weight excluding hydrogens is 210 g/mol. The summed E-state index contributed by atoms with van der Waals surface area (Å²) < 4.78 is 0. The summed E-state index contributed by atoms with van der Waals surface area (Å²) >= 11 is 5.85. The number of aromatic nitrogens is 2. The molecule has 0 spiro atoms. The molecule has 0 atom stereocenters. The van der Waals surface area contributed by atoms with Gasteiger partial charge in [0.2, 0.25) is 5.95 Å². The SMILES string of the molecule is CN(c1nccc(Cl)n1)C1CCCCC1. The molecule has 0 N–H and O–H groups in total. The highest BCUT2D eigenvalue weighted by molar-refractivity contribution is 6.29. The molecule has 3 nitrogen and oxygen atoms in total. The third-order valence-corrected chi connectivity index (χ3v) is 3.26. The summed E-state index contributed by atoms with van der Waals surface area (Å²) in [7, 11) is 2.06. The average Bonchev–Trinajstić information content (AvgIpc) is 2.29.